The van der Waals surface area contributed by atoms with Crippen molar-refractivity contribution in [3.63, 3.8) is 0 Å². The number of ether oxygens (including phenoxy) is 1. The molecular formula is C17H21N3O2. The van der Waals surface area contributed by atoms with Gasteiger partial charge in [0, 0.05) is 18.9 Å². The van der Waals surface area contributed by atoms with E-state index in [0.717, 1.165) is 22.4 Å². The Hall–Kier alpha value is -2.56. The van der Waals surface area contributed by atoms with Crippen LogP contribution in [0.3, 0.4) is 0 Å². The van der Waals surface area contributed by atoms with E-state index in [0.29, 0.717) is 6.54 Å². The summed E-state index contributed by atoms with van der Waals surface area (Å²) in [6.07, 6.45) is 3.39. The molecule has 2 aromatic rings. The van der Waals surface area contributed by atoms with Gasteiger partial charge < -0.3 is 15.4 Å². The van der Waals surface area contributed by atoms with E-state index in [9.17, 15) is 4.79 Å². The van der Waals surface area contributed by atoms with Crippen LogP contribution < -0.4 is 15.4 Å². The van der Waals surface area contributed by atoms with Gasteiger partial charge in [0.25, 0.3) is 0 Å². The van der Waals surface area contributed by atoms with Crippen molar-refractivity contribution in [2.45, 2.75) is 27.3 Å². The van der Waals surface area contributed by atoms with Gasteiger partial charge in [0.2, 0.25) is 0 Å². The molecule has 0 spiro atoms. The highest BCUT2D eigenvalue weighted by molar-refractivity contribution is 5.73. The third kappa shape index (κ3) is 4.22. The van der Waals surface area contributed by atoms with Gasteiger partial charge in [0.15, 0.2) is 6.73 Å². The molecule has 5 nitrogen and oxygen atoms in total. The van der Waals surface area contributed by atoms with Crippen molar-refractivity contribution >= 4 is 6.03 Å². The zero-order valence-corrected chi connectivity index (χ0v) is 13.1. The fourth-order valence-electron chi connectivity index (χ4n) is 2.07. The minimum Gasteiger partial charge on any atom is -0.473 e. The van der Waals surface area contributed by atoms with Crippen LogP contribution in [0.15, 0.2) is 36.7 Å². The molecule has 0 aliphatic carbocycles. The second-order valence-corrected chi connectivity index (χ2v) is 5.16. The number of nitrogens with zero attached hydrogens (tertiary/aromatic N) is 1. The van der Waals surface area contributed by atoms with E-state index in [1.54, 1.807) is 12.4 Å². The van der Waals surface area contributed by atoms with Crippen LogP contribution in [0, 0.1) is 20.8 Å². The minimum absolute atomic E-state index is 0.132. The van der Waals surface area contributed by atoms with Gasteiger partial charge in [-0.3, -0.25) is 4.98 Å². The standard InChI is InChI=1S/C17H21N3O2/c1-12-4-5-13(2)16(14(12)3)22-11-20-17(21)19-10-15-6-8-18-9-7-15/h4-9H,10-11H2,1-3H3,(H2,19,20,21). The van der Waals surface area contributed by atoms with Crippen molar-refractivity contribution in [2.75, 3.05) is 6.73 Å². The van der Waals surface area contributed by atoms with Gasteiger partial charge in [-0.2, -0.15) is 0 Å². The van der Waals surface area contributed by atoms with Gasteiger partial charge in [-0.1, -0.05) is 12.1 Å². The number of hydrogen-bond donors (Lipinski definition) is 2. The molecule has 2 N–H and O–H groups in total. The van der Waals surface area contributed by atoms with Crippen LogP contribution in [0.1, 0.15) is 22.3 Å². The third-order valence-corrected chi connectivity index (χ3v) is 3.53. The highest BCUT2D eigenvalue weighted by atomic mass is 16.5. The van der Waals surface area contributed by atoms with E-state index in [1.807, 2.05) is 39.0 Å². The molecule has 1 heterocycles. The van der Waals surface area contributed by atoms with Crippen molar-refractivity contribution in [1.29, 1.82) is 0 Å². The maximum atomic E-state index is 11.7. The summed E-state index contributed by atoms with van der Waals surface area (Å²) in [6, 6.07) is 7.53. The van der Waals surface area contributed by atoms with Crippen LogP contribution in [0.25, 0.3) is 0 Å². The molecular weight excluding hydrogens is 278 g/mol. The third-order valence-electron chi connectivity index (χ3n) is 3.53. The number of nitrogens with one attached hydrogen (secondary N) is 2. The maximum absolute atomic E-state index is 11.7. The maximum Gasteiger partial charge on any atom is 0.317 e. The summed E-state index contributed by atoms with van der Waals surface area (Å²) in [5.74, 6) is 0.828. The normalized spacial score (nSPS) is 10.1. The van der Waals surface area contributed by atoms with Crippen LogP contribution in [-0.4, -0.2) is 17.7 Å². The molecule has 0 radical (unpaired) electrons. The van der Waals surface area contributed by atoms with Crippen LogP contribution in [0.2, 0.25) is 0 Å². The van der Waals surface area contributed by atoms with Crippen molar-refractivity contribution in [3.8, 4) is 5.75 Å². The number of pyridine rings is 1. The van der Waals surface area contributed by atoms with Gasteiger partial charge in [-0.25, -0.2) is 4.79 Å². The Morgan fingerprint density at radius 1 is 1.05 bits per heavy atom. The SMILES string of the molecule is Cc1ccc(C)c(OCNC(=O)NCc2ccncc2)c1C. The van der Waals surface area contributed by atoms with Gasteiger partial charge in [0.05, 0.1) is 0 Å². The van der Waals surface area contributed by atoms with Crippen molar-refractivity contribution in [1.82, 2.24) is 15.6 Å². The molecule has 2 amide bonds. The Balaban J connectivity index is 1.79. The molecule has 22 heavy (non-hydrogen) atoms. The predicted octanol–water partition coefficient (Wildman–Crippen LogP) is 2.84. The summed E-state index contributed by atoms with van der Waals surface area (Å²) in [5.41, 5.74) is 4.32. The van der Waals surface area contributed by atoms with E-state index in [1.165, 1.54) is 5.56 Å². The first-order chi connectivity index (χ1) is 10.6. The number of hydrogen-bond acceptors (Lipinski definition) is 3. The molecule has 0 aliphatic heterocycles. The largest absolute Gasteiger partial charge is 0.473 e. The number of carbonyl (C=O) groups excluding carboxylic acids is 1. The van der Waals surface area contributed by atoms with Crippen molar-refractivity contribution in [2.24, 2.45) is 0 Å². The number of rotatable bonds is 5. The van der Waals surface area contributed by atoms with Gasteiger partial charge in [0.1, 0.15) is 5.75 Å². The zero-order chi connectivity index (χ0) is 15.9. The van der Waals surface area contributed by atoms with E-state index >= 15 is 0 Å². The summed E-state index contributed by atoms with van der Waals surface area (Å²) >= 11 is 0. The molecule has 1 aromatic carbocycles. The Morgan fingerprint density at radius 2 is 1.73 bits per heavy atom. The topological polar surface area (TPSA) is 63.2 Å². The molecule has 0 unspecified atom stereocenters. The highest BCUT2D eigenvalue weighted by Gasteiger charge is 2.07. The van der Waals surface area contributed by atoms with Crippen molar-refractivity contribution in [3.05, 3.63) is 58.9 Å². The predicted molar refractivity (Wildman–Crippen MR) is 85.8 cm³/mol. The van der Waals surface area contributed by atoms with E-state index in [2.05, 4.69) is 21.7 Å². The highest BCUT2D eigenvalue weighted by Crippen LogP contribution is 2.25. The second kappa shape index (κ2) is 7.45. The lowest BCUT2D eigenvalue weighted by Crippen LogP contribution is -2.37. The number of benzene rings is 1. The van der Waals surface area contributed by atoms with Crippen molar-refractivity contribution < 1.29 is 9.53 Å². The summed E-state index contributed by atoms with van der Waals surface area (Å²) in [6.45, 7) is 6.63. The quantitative estimate of drug-likeness (QED) is 0.834. The van der Waals surface area contributed by atoms with Crippen LogP contribution >= 0.6 is 0 Å². The first-order valence-corrected chi connectivity index (χ1v) is 7.18. The molecule has 0 bridgehead atoms. The number of urea groups is 1. The molecule has 0 saturated heterocycles. The molecule has 0 saturated carbocycles. The van der Waals surface area contributed by atoms with Gasteiger partial charge >= 0.3 is 6.03 Å². The summed E-state index contributed by atoms with van der Waals surface area (Å²) in [5, 5.41) is 5.46. The lowest BCUT2D eigenvalue weighted by molar-refractivity contribution is 0.223. The average molecular weight is 299 g/mol. The van der Waals surface area contributed by atoms with Crippen LogP contribution in [0.4, 0.5) is 4.79 Å². The minimum atomic E-state index is -0.264. The van der Waals surface area contributed by atoms with Crippen LogP contribution in [-0.2, 0) is 6.54 Å². The van der Waals surface area contributed by atoms with Gasteiger partial charge in [-0.05, 0) is 55.2 Å². The lowest BCUT2D eigenvalue weighted by Gasteiger charge is -2.14. The fraction of sp³-hybridized carbons (Fsp3) is 0.294. The Labute approximate surface area is 130 Å². The Kier molecular flexibility index (Phi) is 5.36. The Morgan fingerprint density at radius 3 is 2.45 bits per heavy atom. The summed E-state index contributed by atoms with van der Waals surface area (Å²) < 4.78 is 5.69. The molecule has 116 valence electrons. The zero-order valence-electron chi connectivity index (χ0n) is 13.1. The van der Waals surface area contributed by atoms with E-state index in [-0.39, 0.29) is 12.8 Å². The molecule has 0 aliphatic rings. The number of aryl methyl sites for hydroxylation is 2. The van der Waals surface area contributed by atoms with Crippen LogP contribution in [0.5, 0.6) is 5.75 Å². The summed E-state index contributed by atoms with van der Waals surface area (Å²) in [7, 11) is 0. The smallest absolute Gasteiger partial charge is 0.317 e. The molecule has 5 heteroatoms. The van der Waals surface area contributed by atoms with Gasteiger partial charge in [-0.15, -0.1) is 0 Å². The second-order valence-electron chi connectivity index (χ2n) is 5.16. The number of carbonyl (C=O) groups is 1. The van der Waals surface area contributed by atoms with E-state index < -0.39 is 0 Å². The first kappa shape index (κ1) is 15.8. The first-order valence-electron chi connectivity index (χ1n) is 7.18. The number of amides is 2. The molecule has 0 fully saturated rings. The number of aromatic nitrogens is 1. The lowest BCUT2D eigenvalue weighted by atomic mass is 10.1. The molecule has 0 atom stereocenters. The fourth-order valence-corrected chi connectivity index (χ4v) is 2.07. The monoisotopic (exact) mass is 299 g/mol. The molecule has 2 rings (SSSR count). The van der Waals surface area contributed by atoms with E-state index in [4.69, 9.17) is 4.74 Å². The average Bonchev–Trinajstić information content (AvgIpc) is 2.53. The molecule has 1 aromatic heterocycles. The summed E-state index contributed by atoms with van der Waals surface area (Å²) in [4.78, 5) is 15.7. The Bertz CT molecular complexity index is 642.